The van der Waals surface area contributed by atoms with Gasteiger partial charge in [-0.2, -0.15) is 0 Å². The first-order valence-electron chi connectivity index (χ1n) is 7.92. The largest absolute Gasteiger partial charge is 0.481 e. The molecule has 22 heavy (non-hydrogen) atoms. The number of fused-ring (bicyclic) bond motifs is 1. The number of nitrogens with zero attached hydrogens (tertiary/aromatic N) is 2. The highest BCUT2D eigenvalue weighted by Crippen LogP contribution is 2.42. The normalized spacial score (nSPS) is 30.0. The molecule has 0 saturated carbocycles. The molecule has 120 valence electrons. The Morgan fingerprint density at radius 1 is 1.32 bits per heavy atom. The smallest absolute Gasteiger partial charge is 0.311 e. The van der Waals surface area contributed by atoms with Crippen LogP contribution < -0.4 is 0 Å². The molecule has 0 aromatic heterocycles. The molecule has 4 nitrogen and oxygen atoms in total. The molecule has 0 bridgehead atoms. The highest BCUT2D eigenvalue weighted by atomic mass is 35.5. The van der Waals surface area contributed by atoms with Gasteiger partial charge >= 0.3 is 5.97 Å². The van der Waals surface area contributed by atoms with Crippen molar-refractivity contribution < 1.29 is 9.90 Å². The Morgan fingerprint density at radius 3 is 2.73 bits per heavy atom. The number of likely N-dealkylation sites (N-methyl/N-ethyl adjacent to an activating group) is 1. The third-order valence-corrected chi connectivity index (χ3v) is 5.61. The lowest BCUT2D eigenvalue weighted by molar-refractivity contribution is -0.162. The number of hydrogen-bond acceptors (Lipinski definition) is 3. The average molecular weight is 323 g/mol. The third kappa shape index (κ3) is 2.87. The van der Waals surface area contributed by atoms with Crippen LogP contribution in [0.25, 0.3) is 0 Å². The van der Waals surface area contributed by atoms with Crippen LogP contribution >= 0.6 is 11.6 Å². The molecule has 2 saturated heterocycles. The first-order valence-corrected chi connectivity index (χ1v) is 8.29. The molecule has 3 rings (SSSR count). The molecule has 1 aromatic carbocycles. The first kappa shape index (κ1) is 15.8. The number of carboxylic acids is 1. The summed E-state index contributed by atoms with van der Waals surface area (Å²) in [6, 6.07) is 8.03. The lowest BCUT2D eigenvalue weighted by atomic mass is 9.68. The van der Waals surface area contributed by atoms with Crippen molar-refractivity contribution in [3.8, 4) is 0 Å². The van der Waals surface area contributed by atoms with Crippen molar-refractivity contribution in [2.75, 3.05) is 26.7 Å². The number of piperidine rings is 2. The quantitative estimate of drug-likeness (QED) is 0.929. The topological polar surface area (TPSA) is 43.8 Å². The maximum absolute atomic E-state index is 11.9. The van der Waals surface area contributed by atoms with Crippen LogP contribution in [0.5, 0.6) is 0 Å². The molecule has 2 atom stereocenters. The van der Waals surface area contributed by atoms with Crippen molar-refractivity contribution in [3.05, 3.63) is 34.9 Å². The van der Waals surface area contributed by atoms with E-state index in [-0.39, 0.29) is 6.04 Å². The fourth-order valence-electron chi connectivity index (χ4n) is 4.04. The summed E-state index contributed by atoms with van der Waals surface area (Å²) in [4.78, 5) is 16.5. The van der Waals surface area contributed by atoms with Crippen LogP contribution in [0.3, 0.4) is 0 Å². The maximum Gasteiger partial charge on any atom is 0.311 e. The fraction of sp³-hybridized carbons (Fsp3) is 0.588. The second kappa shape index (κ2) is 6.19. The van der Waals surface area contributed by atoms with Gasteiger partial charge in [0.15, 0.2) is 0 Å². The van der Waals surface area contributed by atoms with E-state index < -0.39 is 11.4 Å². The van der Waals surface area contributed by atoms with Gasteiger partial charge in [-0.3, -0.25) is 9.69 Å². The number of halogens is 1. The van der Waals surface area contributed by atoms with Gasteiger partial charge in [0.05, 0.1) is 5.41 Å². The zero-order valence-corrected chi connectivity index (χ0v) is 13.7. The number of hydrogen-bond donors (Lipinski definition) is 1. The molecule has 0 spiro atoms. The second-order valence-corrected chi connectivity index (χ2v) is 7.11. The van der Waals surface area contributed by atoms with Gasteiger partial charge in [0, 0.05) is 24.2 Å². The molecule has 2 aliphatic heterocycles. The fourth-order valence-corrected chi connectivity index (χ4v) is 4.16. The van der Waals surface area contributed by atoms with Crippen LogP contribution in [0.2, 0.25) is 5.02 Å². The average Bonchev–Trinajstić information content (AvgIpc) is 2.50. The highest BCUT2D eigenvalue weighted by Gasteiger charge is 2.52. The van der Waals surface area contributed by atoms with Gasteiger partial charge in [-0.05, 0) is 57.1 Å². The summed E-state index contributed by atoms with van der Waals surface area (Å²) in [5.41, 5.74) is 0.675. The van der Waals surface area contributed by atoms with Gasteiger partial charge in [0.2, 0.25) is 0 Å². The number of aliphatic carboxylic acids is 1. The number of carbonyl (C=O) groups is 1. The minimum atomic E-state index is -0.616. The van der Waals surface area contributed by atoms with Crippen LogP contribution in [0.15, 0.2) is 24.3 Å². The summed E-state index contributed by atoms with van der Waals surface area (Å²) < 4.78 is 0. The van der Waals surface area contributed by atoms with E-state index in [1.54, 1.807) is 0 Å². The number of likely N-dealkylation sites (tertiary alicyclic amines) is 2. The van der Waals surface area contributed by atoms with Crippen LogP contribution in [0.1, 0.15) is 24.8 Å². The van der Waals surface area contributed by atoms with Gasteiger partial charge in [0.1, 0.15) is 0 Å². The van der Waals surface area contributed by atoms with Crippen molar-refractivity contribution in [1.29, 1.82) is 0 Å². The summed E-state index contributed by atoms with van der Waals surface area (Å²) in [5.74, 6) is -0.616. The zero-order chi connectivity index (χ0) is 15.7. The third-order valence-electron chi connectivity index (χ3n) is 5.35. The standard InChI is InChI=1S/C17H23ClN2O2/c1-19-9-2-7-17(16(21)22)8-10-20(12-15(17)19)11-13-3-5-14(18)6-4-13/h3-6,15H,2,7-12H2,1H3,(H,21,22)/t15-,17+/m1/s1. The van der Waals surface area contributed by atoms with E-state index in [0.717, 1.165) is 50.5 Å². The molecular weight excluding hydrogens is 300 g/mol. The zero-order valence-electron chi connectivity index (χ0n) is 13.0. The molecular formula is C17H23ClN2O2. The molecule has 0 radical (unpaired) electrons. The number of benzene rings is 1. The molecule has 2 heterocycles. The van der Waals surface area contributed by atoms with Gasteiger partial charge < -0.3 is 10.0 Å². The Labute approximate surface area is 136 Å². The van der Waals surface area contributed by atoms with Gasteiger partial charge in [0.25, 0.3) is 0 Å². The van der Waals surface area contributed by atoms with E-state index in [0.29, 0.717) is 0 Å². The summed E-state index contributed by atoms with van der Waals surface area (Å²) in [7, 11) is 2.06. The second-order valence-electron chi connectivity index (χ2n) is 6.67. The predicted octanol–water partition coefficient (Wildman–Crippen LogP) is 2.71. The van der Waals surface area contributed by atoms with Crippen LogP contribution in [0, 0.1) is 5.41 Å². The Balaban J connectivity index is 1.73. The molecule has 1 aromatic rings. The minimum Gasteiger partial charge on any atom is -0.481 e. The Morgan fingerprint density at radius 2 is 2.05 bits per heavy atom. The van der Waals surface area contributed by atoms with Gasteiger partial charge in [-0.15, -0.1) is 0 Å². The van der Waals surface area contributed by atoms with Crippen LogP contribution in [0.4, 0.5) is 0 Å². The van der Waals surface area contributed by atoms with E-state index in [1.807, 2.05) is 24.3 Å². The maximum atomic E-state index is 11.9. The van der Waals surface area contributed by atoms with E-state index in [2.05, 4.69) is 16.8 Å². The molecule has 0 aliphatic carbocycles. The van der Waals surface area contributed by atoms with Crippen molar-refractivity contribution in [2.45, 2.75) is 31.8 Å². The van der Waals surface area contributed by atoms with Crippen molar-refractivity contribution >= 4 is 17.6 Å². The SMILES string of the molecule is CN1CCC[C@]2(C(=O)O)CCN(Cc3ccc(Cl)cc3)C[C@@H]12. The Hall–Kier alpha value is -1.10. The summed E-state index contributed by atoms with van der Waals surface area (Å²) in [5, 5.41) is 10.5. The molecule has 0 amide bonds. The van der Waals surface area contributed by atoms with E-state index in [1.165, 1.54) is 5.56 Å². The first-order chi connectivity index (χ1) is 10.5. The summed E-state index contributed by atoms with van der Waals surface area (Å²) >= 11 is 5.93. The van der Waals surface area contributed by atoms with E-state index in [9.17, 15) is 9.90 Å². The predicted molar refractivity (Wildman–Crippen MR) is 87.1 cm³/mol. The Kier molecular flexibility index (Phi) is 4.44. The lowest BCUT2D eigenvalue weighted by Crippen LogP contribution is -2.62. The van der Waals surface area contributed by atoms with Crippen LogP contribution in [-0.4, -0.2) is 53.6 Å². The monoisotopic (exact) mass is 322 g/mol. The highest BCUT2D eigenvalue weighted by molar-refractivity contribution is 6.30. The minimum absolute atomic E-state index is 0.111. The lowest BCUT2D eigenvalue weighted by Gasteiger charge is -2.51. The van der Waals surface area contributed by atoms with Gasteiger partial charge in [-0.1, -0.05) is 23.7 Å². The van der Waals surface area contributed by atoms with E-state index >= 15 is 0 Å². The van der Waals surface area contributed by atoms with Crippen molar-refractivity contribution in [1.82, 2.24) is 9.80 Å². The molecule has 5 heteroatoms. The molecule has 2 aliphatic rings. The van der Waals surface area contributed by atoms with Crippen molar-refractivity contribution in [2.24, 2.45) is 5.41 Å². The number of carboxylic acid groups (broad SMARTS) is 1. The van der Waals surface area contributed by atoms with Crippen LogP contribution in [-0.2, 0) is 11.3 Å². The summed E-state index contributed by atoms with van der Waals surface area (Å²) in [6.45, 7) is 3.52. The van der Waals surface area contributed by atoms with Crippen molar-refractivity contribution in [3.63, 3.8) is 0 Å². The number of rotatable bonds is 3. The Bertz CT molecular complexity index is 548. The van der Waals surface area contributed by atoms with E-state index in [4.69, 9.17) is 11.6 Å². The summed E-state index contributed by atoms with van der Waals surface area (Å²) in [6.07, 6.45) is 2.54. The molecule has 0 unspecified atom stereocenters. The molecule has 1 N–H and O–H groups in total. The van der Waals surface area contributed by atoms with Gasteiger partial charge in [-0.25, -0.2) is 0 Å². The molecule has 2 fully saturated rings.